The van der Waals surface area contributed by atoms with Crippen LogP contribution < -0.4 is 14.8 Å². The molecule has 0 radical (unpaired) electrons. The van der Waals surface area contributed by atoms with Crippen LogP contribution in [0.1, 0.15) is 38.7 Å². The van der Waals surface area contributed by atoms with Crippen LogP contribution >= 0.6 is 0 Å². The van der Waals surface area contributed by atoms with Crippen LogP contribution in [0, 0.1) is 0 Å². The first-order valence-corrected chi connectivity index (χ1v) is 8.27. The van der Waals surface area contributed by atoms with E-state index in [0.29, 0.717) is 5.92 Å². The molecule has 2 aromatic carbocycles. The summed E-state index contributed by atoms with van der Waals surface area (Å²) in [5.41, 5.74) is 2.32. The zero-order valence-corrected chi connectivity index (χ0v) is 14.5. The molecule has 124 valence electrons. The van der Waals surface area contributed by atoms with Crippen molar-refractivity contribution in [3.63, 3.8) is 0 Å². The van der Waals surface area contributed by atoms with E-state index < -0.39 is 0 Å². The van der Waals surface area contributed by atoms with Crippen LogP contribution in [0.25, 0.3) is 0 Å². The molecule has 0 amide bonds. The van der Waals surface area contributed by atoms with Gasteiger partial charge in [-0.3, -0.25) is 0 Å². The Hall–Kier alpha value is -2.16. The molecule has 2 aromatic rings. The average molecular weight is 313 g/mol. The highest BCUT2D eigenvalue weighted by Gasteiger charge is 2.12. The lowest BCUT2D eigenvalue weighted by atomic mass is 9.98. The Labute approximate surface area is 139 Å². The number of methoxy groups -OCH3 is 1. The smallest absolute Gasteiger partial charge is 0.123 e. The Balaban J connectivity index is 1.96. The normalized spacial score (nSPS) is 13.2. The van der Waals surface area contributed by atoms with Crippen molar-refractivity contribution in [1.29, 1.82) is 0 Å². The number of ether oxygens (including phenoxy) is 2. The Morgan fingerprint density at radius 1 is 1.04 bits per heavy atom. The fourth-order valence-electron chi connectivity index (χ4n) is 2.47. The van der Waals surface area contributed by atoms with Gasteiger partial charge in [-0.25, -0.2) is 0 Å². The number of hydrogen-bond acceptors (Lipinski definition) is 3. The second-order valence-corrected chi connectivity index (χ2v) is 5.89. The van der Waals surface area contributed by atoms with Crippen LogP contribution in [-0.4, -0.2) is 19.8 Å². The van der Waals surface area contributed by atoms with E-state index in [2.05, 4.69) is 44.3 Å². The molecule has 0 aromatic heterocycles. The lowest BCUT2D eigenvalue weighted by Crippen LogP contribution is -2.23. The summed E-state index contributed by atoms with van der Waals surface area (Å²) in [5, 5.41) is 3.40. The van der Waals surface area contributed by atoms with Gasteiger partial charge < -0.3 is 14.8 Å². The molecule has 0 saturated carbocycles. The van der Waals surface area contributed by atoms with E-state index in [4.69, 9.17) is 9.47 Å². The lowest BCUT2D eigenvalue weighted by Gasteiger charge is -2.20. The molecule has 0 saturated heterocycles. The fourth-order valence-corrected chi connectivity index (χ4v) is 2.47. The molecule has 2 unspecified atom stereocenters. The minimum Gasteiger partial charge on any atom is -0.497 e. The zero-order valence-electron chi connectivity index (χ0n) is 14.5. The molecular formula is C20H27NO2. The van der Waals surface area contributed by atoms with Gasteiger partial charge in [0.2, 0.25) is 0 Å². The topological polar surface area (TPSA) is 30.5 Å². The molecule has 1 N–H and O–H groups in total. The zero-order chi connectivity index (χ0) is 16.7. The highest BCUT2D eigenvalue weighted by Crippen LogP contribution is 2.29. The van der Waals surface area contributed by atoms with E-state index in [1.807, 2.05) is 30.3 Å². The van der Waals surface area contributed by atoms with Gasteiger partial charge in [0, 0.05) is 11.8 Å². The summed E-state index contributed by atoms with van der Waals surface area (Å²) in [7, 11) is 1.68. The Kier molecular flexibility index (Phi) is 6.33. The number of rotatable bonds is 8. The van der Waals surface area contributed by atoms with E-state index in [1.54, 1.807) is 7.11 Å². The van der Waals surface area contributed by atoms with Crippen molar-refractivity contribution < 1.29 is 9.47 Å². The summed E-state index contributed by atoms with van der Waals surface area (Å²) >= 11 is 0. The number of anilines is 1. The number of nitrogens with one attached hydrogen (secondary N) is 1. The molecule has 0 aliphatic rings. The predicted octanol–water partition coefficient (Wildman–Crippen LogP) is 5.09. The summed E-state index contributed by atoms with van der Waals surface area (Å²) in [6.07, 6.45) is 1.18. The monoisotopic (exact) mass is 313 g/mol. The summed E-state index contributed by atoms with van der Waals surface area (Å²) in [6, 6.07) is 16.3. The number of hydrogen-bond donors (Lipinski definition) is 1. The fraction of sp³-hybridized carbons (Fsp3) is 0.400. The van der Waals surface area contributed by atoms with Crippen molar-refractivity contribution in [2.24, 2.45) is 0 Å². The third-order valence-electron chi connectivity index (χ3n) is 4.05. The van der Waals surface area contributed by atoms with Crippen molar-refractivity contribution >= 4 is 5.69 Å². The molecule has 0 bridgehead atoms. The maximum absolute atomic E-state index is 6.15. The maximum Gasteiger partial charge on any atom is 0.123 e. The van der Waals surface area contributed by atoms with Crippen molar-refractivity contribution in [2.45, 2.75) is 39.2 Å². The Morgan fingerprint density at radius 2 is 1.83 bits per heavy atom. The van der Waals surface area contributed by atoms with Gasteiger partial charge in [0.1, 0.15) is 17.6 Å². The molecule has 0 spiro atoms. The van der Waals surface area contributed by atoms with Crippen LogP contribution in [0.2, 0.25) is 0 Å². The van der Waals surface area contributed by atoms with Gasteiger partial charge in [0.05, 0.1) is 13.7 Å². The molecule has 2 atom stereocenters. The van der Waals surface area contributed by atoms with Crippen molar-refractivity contribution in [2.75, 3.05) is 19.0 Å². The van der Waals surface area contributed by atoms with E-state index in [-0.39, 0.29) is 6.10 Å². The first-order chi connectivity index (χ1) is 11.1. The Bertz CT molecular complexity index is 612. The average Bonchev–Trinajstić information content (AvgIpc) is 2.60. The van der Waals surface area contributed by atoms with Gasteiger partial charge in [0.15, 0.2) is 0 Å². The van der Waals surface area contributed by atoms with Crippen molar-refractivity contribution in [1.82, 2.24) is 0 Å². The molecule has 3 nitrogen and oxygen atoms in total. The van der Waals surface area contributed by atoms with Gasteiger partial charge in [0.25, 0.3) is 0 Å². The van der Waals surface area contributed by atoms with Crippen LogP contribution in [0.15, 0.2) is 48.5 Å². The number of benzene rings is 2. The van der Waals surface area contributed by atoms with Crippen LogP contribution in [0.5, 0.6) is 11.5 Å². The highest BCUT2D eigenvalue weighted by molar-refractivity contribution is 5.48. The van der Waals surface area contributed by atoms with Crippen molar-refractivity contribution in [3.8, 4) is 11.5 Å². The van der Waals surface area contributed by atoms with E-state index in [9.17, 15) is 0 Å². The largest absolute Gasteiger partial charge is 0.497 e. The Morgan fingerprint density at radius 3 is 2.57 bits per heavy atom. The first-order valence-electron chi connectivity index (χ1n) is 8.27. The molecule has 0 heterocycles. The number of para-hydroxylation sites is 1. The maximum atomic E-state index is 6.15. The first kappa shape index (κ1) is 17.2. The summed E-state index contributed by atoms with van der Waals surface area (Å²) in [5.74, 6) is 2.34. The quantitative estimate of drug-likeness (QED) is 0.736. The third kappa shape index (κ3) is 4.92. The van der Waals surface area contributed by atoms with Crippen molar-refractivity contribution in [3.05, 3.63) is 54.1 Å². The lowest BCUT2D eigenvalue weighted by molar-refractivity contribution is 0.231. The van der Waals surface area contributed by atoms with Gasteiger partial charge in [-0.2, -0.15) is 0 Å². The molecule has 2 rings (SSSR count). The minimum absolute atomic E-state index is 0.0754. The third-order valence-corrected chi connectivity index (χ3v) is 4.05. The van der Waals surface area contributed by atoms with Gasteiger partial charge in [-0.15, -0.1) is 0 Å². The molecule has 0 aliphatic heterocycles. The molecule has 0 aliphatic carbocycles. The van der Waals surface area contributed by atoms with E-state index in [1.165, 1.54) is 5.56 Å². The van der Waals surface area contributed by atoms with E-state index >= 15 is 0 Å². The second kappa shape index (κ2) is 8.47. The molecule has 3 heteroatoms. The summed E-state index contributed by atoms with van der Waals surface area (Å²) in [4.78, 5) is 0. The van der Waals surface area contributed by atoms with Gasteiger partial charge in [-0.1, -0.05) is 38.1 Å². The molecule has 23 heavy (non-hydrogen) atoms. The second-order valence-electron chi connectivity index (χ2n) is 5.89. The standard InChI is InChI=1S/C20H27NO2/c1-5-15(2)19-11-6-7-12-20(19)23-16(3)14-21-17-9-8-10-18(13-17)22-4/h6-13,15-16,21H,5,14H2,1-4H3. The van der Waals surface area contributed by atoms with Crippen LogP contribution in [-0.2, 0) is 0 Å². The highest BCUT2D eigenvalue weighted by atomic mass is 16.5. The SMILES string of the molecule is CCC(C)c1ccccc1OC(C)CNc1cccc(OC)c1. The van der Waals surface area contributed by atoms with Gasteiger partial charge in [-0.05, 0) is 43.0 Å². The molecular weight excluding hydrogens is 286 g/mol. The summed E-state index contributed by atoms with van der Waals surface area (Å²) < 4.78 is 11.4. The predicted molar refractivity (Wildman–Crippen MR) is 96.7 cm³/mol. The van der Waals surface area contributed by atoms with Crippen LogP contribution in [0.4, 0.5) is 5.69 Å². The van der Waals surface area contributed by atoms with Crippen LogP contribution in [0.3, 0.4) is 0 Å². The summed E-state index contributed by atoms with van der Waals surface area (Å²) in [6.45, 7) is 7.26. The molecule has 0 fully saturated rings. The minimum atomic E-state index is 0.0754. The van der Waals surface area contributed by atoms with Gasteiger partial charge >= 0.3 is 0 Å². The van der Waals surface area contributed by atoms with E-state index in [0.717, 1.165) is 30.2 Å².